The van der Waals surface area contributed by atoms with E-state index < -0.39 is 17.5 Å². The zero-order valence-corrected chi connectivity index (χ0v) is 15.9. The van der Waals surface area contributed by atoms with Crippen molar-refractivity contribution < 1.29 is 28.5 Å². The van der Waals surface area contributed by atoms with Crippen LogP contribution in [0, 0.1) is 0 Å². The quantitative estimate of drug-likeness (QED) is 0.245. The number of carbonyl (C=O) groups excluding carboxylic acids is 1. The number of esters is 1. The molecule has 4 heterocycles. The van der Waals surface area contributed by atoms with Crippen molar-refractivity contribution >= 4 is 5.97 Å². The molecule has 26 heavy (non-hydrogen) atoms. The first-order valence-electron chi connectivity index (χ1n) is 10.6. The molecule has 2 atom stereocenters. The van der Waals surface area contributed by atoms with Gasteiger partial charge in [-0.15, -0.1) is 0 Å². The number of carbonyl (C=O) groups is 1. The van der Waals surface area contributed by atoms with Crippen LogP contribution in [0.5, 0.6) is 0 Å². The minimum Gasteiger partial charge on any atom is -0.466 e. The van der Waals surface area contributed by atoms with Crippen molar-refractivity contribution in [3.8, 4) is 0 Å². The van der Waals surface area contributed by atoms with Crippen LogP contribution in [0.1, 0.15) is 90.4 Å². The van der Waals surface area contributed by atoms with Crippen molar-refractivity contribution in [3.63, 3.8) is 0 Å². The highest BCUT2D eigenvalue weighted by Crippen LogP contribution is 2.88. The molecule has 6 nitrogen and oxygen atoms in total. The lowest BCUT2D eigenvalue weighted by Crippen LogP contribution is -2.39. The maximum Gasteiger partial charge on any atom is 0.355 e. The van der Waals surface area contributed by atoms with Crippen LogP contribution in [0.15, 0.2) is 0 Å². The molecule has 0 amide bonds. The highest BCUT2D eigenvalue weighted by atomic mass is 17.2. The van der Waals surface area contributed by atoms with Gasteiger partial charge in [-0.1, -0.05) is 64.7 Å². The zero-order valence-electron chi connectivity index (χ0n) is 15.9. The first-order valence-corrected chi connectivity index (χ1v) is 10.6. The summed E-state index contributed by atoms with van der Waals surface area (Å²) in [5, 5.41) is 0. The van der Waals surface area contributed by atoms with Crippen molar-refractivity contribution in [1.29, 1.82) is 0 Å². The van der Waals surface area contributed by atoms with Crippen molar-refractivity contribution in [2.24, 2.45) is 0 Å². The smallest absolute Gasteiger partial charge is 0.355 e. The Morgan fingerprint density at radius 2 is 1.54 bits per heavy atom. The van der Waals surface area contributed by atoms with Crippen LogP contribution in [0.2, 0.25) is 0 Å². The maximum atomic E-state index is 11.5. The van der Waals surface area contributed by atoms with E-state index in [4.69, 9.17) is 23.7 Å². The van der Waals surface area contributed by atoms with E-state index in [0.717, 1.165) is 32.1 Å². The van der Waals surface area contributed by atoms with E-state index in [2.05, 4.69) is 6.92 Å². The van der Waals surface area contributed by atoms with Gasteiger partial charge in [-0.2, -0.15) is 0 Å². The van der Waals surface area contributed by atoms with Gasteiger partial charge in [-0.05, 0) is 19.3 Å². The van der Waals surface area contributed by atoms with E-state index >= 15 is 0 Å². The van der Waals surface area contributed by atoms with Gasteiger partial charge < -0.3 is 9.47 Å². The van der Waals surface area contributed by atoms with E-state index in [0.29, 0.717) is 13.0 Å². The molecule has 4 fully saturated rings. The topological polar surface area (TPSA) is 73.1 Å². The summed E-state index contributed by atoms with van der Waals surface area (Å²) < 4.78 is 27.1. The summed E-state index contributed by atoms with van der Waals surface area (Å²) in [5.74, 6) is -1.68. The van der Waals surface area contributed by atoms with E-state index in [1.807, 2.05) is 0 Å². The third kappa shape index (κ3) is 3.30. The Morgan fingerprint density at radius 3 is 2.12 bits per heavy atom. The summed E-state index contributed by atoms with van der Waals surface area (Å²) in [4.78, 5) is 11.5. The molecular weight excluding hydrogens is 336 g/mol. The lowest BCUT2D eigenvalue weighted by molar-refractivity contribution is -0.166. The van der Waals surface area contributed by atoms with Gasteiger partial charge in [0.2, 0.25) is 0 Å². The van der Waals surface area contributed by atoms with Gasteiger partial charge in [0.05, 0.1) is 6.61 Å². The van der Waals surface area contributed by atoms with Crippen molar-refractivity contribution in [3.05, 3.63) is 0 Å². The molecule has 0 saturated carbocycles. The predicted octanol–water partition coefficient (Wildman–Crippen LogP) is 4.16. The zero-order chi connectivity index (χ0) is 18.1. The monoisotopic (exact) mass is 368 g/mol. The molecule has 0 aliphatic carbocycles. The van der Waals surface area contributed by atoms with Gasteiger partial charge in [0.1, 0.15) is 6.10 Å². The number of unbranched alkanes of at least 4 members (excludes halogenated alkanes) is 9. The van der Waals surface area contributed by atoms with Crippen LogP contribution in [-0.2, 0) is 28.5 Å². The molecule has 4 aliphatic heterocycles. The number of hydrogen-bond donors (Lipinski definition) is 0. The Hall–Kier alpha value is -0.690. The van der Waals surface area contributed by atoms with Gasteiger partial charge >= 0.3 is 17.7 Å². The first-order chi connectivity index (χ1) is 12.7. The number of rotatable bonds is 15. The fourth-order valence-corrected chi connectivity index (χ4v) is 4.06. The Labute approximate surface area is 155 Å². The molecule has 0 aromatic rings. The maximum absolute atomic E-state index is 11.5. The third-order valence-corrected chi connectivity index (χ3v) is 5.91. The van der Waals surface area contributed by atoms with E-state index in [1.54, 1.807) is 0 Å². The second kappa shape index (κ2) is 7.38. The van der Waals surface area contributed by atoms with Crippen LogP contribution < -0.4 is 0 Å². The summed E-state index contributed by atoms with van der Waals surface area (Å²) in [6.07, 6.45) is 14.7. The molecular formula is C20H32O6. The van der Waals surface area contributed by atoms with Crippen LogP contribution >= 0.6 is 0 Å². The SMILES string of the molecule is CCCCOC(=O)CCCCCCCCCCCC1OC12OC13OC12O3. The molecule has 0 radical (unpaired) electrons. The number of hydrogen-bond acceptors (Lipinski definition) is 6. The molecule has 6 heteroatoms. The minimum atomic E-state index is -0.656. The summed E-state index contributed by atoms with van der Waals surface area (Å²) in [6, 6.07) is 0. The Morgan fingerprint density at radius 1 is 0.885 bits per heavy atom. The lowest BCUT2D eigenvalue weighted by atomic mass is 10.0. The fourth-order valence-electron chi connectivity index (χ4n) is 4.06. The molecule has 4 saturated heterocycles. The second-order valence-corrected chi connectivity index (χ2v) is 8.05. The molecule has 4 rings (SSSR count). The number of epoxide rings is 3. The fraction of sp³-hybridized carbons (Fsp3) is 0.950. The molecule has 1 spiro atoms. The van der Waals surface area contributed by atoms with Crippen molar-refractivity contribution in [2.75, 3.05) is 6.61 Å². The van der Waals surface area contributed by atoms with Crippen LogP contribution in [0.4, 0.5) is 0 Å². The largest absolute Gasteiger partial charge is 0.466 e. The molecule has 0 aromatic carbocycles. The van der Waals surface area contributed by atoms with E-state index in [1.165, 1.54) is 44.9 Å². The second-order valence-electron chi connectivity index (χ2n) is 8.05. The summed E-state index contributed by atoms with van der Waals surface area (Å²) in [6.45, 7) is 2.68. The average molecular weight is 368 g/mol. The predicted molar refractivity (Wildman–Crippen MR) is 93.0 cm³/mol. The standard InChI is InChI=1S/C20H32O6/c1-2-3-15-22-17(21)14-12-10-8-6-4-5-7-9-11-13-16-18(23-16)19-20(24-18,25-19)26-19/h16H,2-15H2,1H3. The van der Waals surface area contributed by atoms with E-state index in [9.17, 15) is 4.79 Å². The van der Waals surface area contributed by atoms with Gasteiger partial charge in [-0.3, -0.25) is 19.0 Å². The molecule has 0 N–H and O–H groups in total. The highest BCUT2D eigenvalue weighted by molar-refractivity contribution is 5.69. The highest BCUT2D eigenvalue weighted by Gasteiger charge is 3.16. The van der Waals surface area contributed by atoms with Crippen LogP contribution in [0.3, 0.4) is 0 Å². The summed E-state index contributed by atoms with van der Waals surface area (Å²) in [5.41, 5.74) is 0. The van der Waals surface area contributed by atoms with Crippen molar-refractivity contribution in [1.82, 2.24) is 0 Å². The van der Waals surface area contributed by atoms with Crippen molar-refractivity contribution in [2.45, 2.75) is 114 Å². The summed E-state index contributed by atoms with van der Waals surface area (Å²) >= 11 is 0. The molecule has 0 aromatic heterocycles. The Bertz CT molecular complexity index is 514. The summed E-state index contributed by atoms with van der Waals surface area (Å²) in [7, 11) is 0. The van der Waals surface area contributed by atoms with Crippen LogP contribution in [0.25, 0.3) is 0 Å². The molecule has 4 aliphatic rings. The van der Waals surface area contributed by atoms with E-state index in [-0.39, 0.29) is 12.1 Å². The molecule has 0 bridgehead atoms. The minimum absolute atomic E-state index is 0.0287. The lowest BCUT2D eigenvalue weighted by Gasteiger charge is -2.10. The first kappa shape index (κ1) is 18.7. The van der Waals surface area contributed by atoms with Gasteiger partial charge in [-0.25, -0.2) is 0 Å². The van der Waals surface area contributed by atoms with Gasteiger partial charge in [0.25, 0.3) is 5.79 Å². The van der Waals surface area contributed by atoms with Gasteiger partial charge in [0.15, 0.2) is 0 Å². The average Bonchev–Trinajstić information content (AvgIpc) is 3.50. The number of ether oxygens (including phenoxy) is 5. The molecule has 148 valence electrons. The normalized spacial score (nSPS) is 37.7. The Balaban J connectivity index is 0.885. The molecule has 2 unspecified atom stereocenters. The van der Waals surface area contributed by atoms with Gasteiger partial charge in [0, 0.05) is 6.42 Å². The Kier molecular flexibility index (Phi) is 5.30. The third-order valence-electron chi connectivity index (χ3n) is 5.91. The van der Waals surface area contributed by atoms with Crippen LogP contribution in [-0.4, -0.2) is 36.2 Å².